The summed E-state index contributed by atoms with van der Waals surface area (Å²) in [6, 6.07) is 7.60. The summed E-state index contributed by atoms with van der Waals surface area (Å²) in [7, 11) is 0. The molecule has 5 heteroatoms. The van der Waals surface area contributed by atoms with Gasteiger partial charge in [0.15, 0.2) is 0 Å². The van der Waals surface area contributed by atoms with Gasteiger partial charge in [0, 0.05) is 10.9 Å². The maximum atomic E-state index is 12.1. The zero-order valence-electron chi connectivity index (χ0n) is 11.0. The van der Waals surface area contributed by atoms with Crippen LogP contribution >= 0.6 is 24.0 Å². The highest BCUT2D eigenvalue weighted by molar-refractivity contribution is 6.31. The quantitative estimate of drug-likeness (QED) is 0.901. The average molecular weight is 303 g/mol. The first kappa shape index (κ1) is 16.3. The molecule has 1 fully saturated rings. The molecule has 2 N–H and O–H groups in total. The molecule has 1 aromatic carbocycles. The van der Waals surface area contributed by atoms with Crippen LogP contribution in [0.4, 0.5) is 0 Å². The van der Waals surface area contributed by atoms with Crippen LogP contribution in [0, 0.1) is 5.92 Å². The van der Waals surface area contributed by atoms with Crippen molar-refractivity contribution in [3.05, 3.63) is 34.9 Å². The van der Waals surface area contributed by atoms with Gasteiger partial charge in [-0.3, -0.25) is 4.79 Å². The molecule has 1 aromatic rings. The van der Waals surface area contributed by atoms with Gasteiger partial charge in [-0.25, -0.2) is 0 Å². The first-order chi connectivity index (χ1) is 8.68. The maximum absolute atomic E-state index is 12.1. The van der Waals surface area contributed by atoms with Crippen LogP contribution in [0.25, 0.3) is 0 Å². The number of carbonyl (C=O) groups is 1. The largest absolute Gasteiger partial charge is 0.349 e. The van der Waals surface area contributed by atoms with Gasteiger partial charge in [0.2, 0.25) is 5.91 Å². The van der Waals surface area contributed by atoms with Gasteiger partial charge in [0.05, 0.1) is 6.04 Å². The first-order valence-corrected chi connectivity index (χ1v) is 6.82. The summed E-state index contributed by atoms with van der Waals surface area (Å²) < 4.78 is 0. The van der Waals surface area contributed by atoms with Crippen molar-refractivity contribution in [2.45, 2.75) is 25.8 Å². The van der Waals surface area contributed by atoms with Crippen molar-refractivity contribution in [2.24, 2.45) is 5.92 Å². The lowest BCUT2D eigenvalue weighted by Gasteiger charge is -2.24. The summed E-state index contributed by atoms with van der Waals surface area (Å²) in [4.78, 5) is 12.1. The van der Waals surface area contributed by atoms with E-state index in [0.29, 0.717) is 5.02 Å². The van der Waals surface area contributed by atoms with Crippen LogP contribution < -0.4 is 10.6 Å². The van der Waals surface area contributed by atoms with Gasteiger partial charge in [-0.15, -0.1) is 12.4 Å². The number of halogens is 2. The number of nitrogens with one attached hydrogen (secondary N) is 2. The van der Waals surface area contributed by atoms with Crippen molar-refractivity contribution < 1.29 is 4.79 Å². The van der Waals surface area contributed by atoms with Gasteiger partial charge in [-0.05, 0) is 44.5 Å². The molecule has 1 aliphatic heterocycles. The van der Waals surface area contributed by atoms with Gasteiger partial charge in [-0.1, -0.05) is 29.8 Å². The van der Waals surface area contributed by atoms with E-state index in [2.05, 4.69) is 10.6 Å². The number of piperidine rings is 1. The lowest BCUT2D eigenvalue weighted by molar-refractivity contribution is -0.126. The number of rotatable bonds is 3. The predicted octanol–water partition coefficient (Wildman–Crippen LogP) is 2.94. The highest BCUT2D eigenvalue weighted by Crippen LogP contribution is 2.23. The molecule has 1 saturated heterocycles. The molecule has 0 spiro atoms. The molecule has 1 unspecified atom stereocenters. The lowest BCUT2D eigenvalue weighted by Crippen LogP contribution is -2.39. The van der Waals surface area contributed by atoms with Gasteiger partial charge in [0.25, 0.3) is 0 Å². The van der Waals surface area contributed by atoms with E-state index >= 15 is 0 Å². The Morgan fingerprint density at radius 3 is 2.63 bits per heavy atom. The van der Waals surface area contributed by atoms with E-state index in [1.54, 1.807) is 0 Å². The average Bonchev–Trinajstić information content (AvgIpc) is 2.40. The van der Waals surface area contributed by atoms with E-state index < -0.39 is 0 Å². The van der Waals surface area contributed by atoms with E-state index in [0.717, 1.165) is 31.5 Å². The van der Waals surface area contributed by atoms with Crippen molar-refractivity contribution in [3.8, 4) is 0 Å². The van der Waals surface area contributed by atoms with Gasteiger partial charge in [-0.2, -0.15) is 0 Å². The van der Waals surface area contributed by atoms with Crippen LogP contribution in [0.15, 0.2) is 24.3 Å². The van der Waals surface area contributed by atoms with Crippen LogP contribution in [0.2, 0.25) is 5.02 Å². The molecule has 106 valence electrons. The Balaban J connectivity index is 0.00000180. The van der Waals surface area contributed by atoms with Crippen LogP contribution in [-0.2, 0) is 4.79 Å². The van der Waals surface area contributed by atoms with Gasteiger partial charge in [0.1, 0.15) is 0 Å². The fourth-order valence-electron chi connectivity index (χ4n) is 2.32. The van der Waals surface area contributed by atoms with Gasteiger partial charge >= 0.3 is 0 Å². The molecule has 0 radical (unpaired) electrons. The molecule has 0 saturated carbocycles. The molecule has 1 atom stereocenters. The highest BCUT2D eigenvalue weighted by atomic mass is 35.5. The SMILES string of the molecule is CC(NC(=O)C1CCNCC1)c1ccccc1Cl.Cl. The summed E-state index contributed by atoms with van der Waals surface area (Å²) in [5, 5.41) is 7.02. The topological polar surface area (TPSA) is 41.1 Å². The second kappa shape index (κ2) is 7.73. The molecule has 2 rings (SSSR count). The summed E-state index contributed by atoms with van der Waals surface area (Å²) in [5.41, 5.74) is 0.974. The first-order valence-electron chi connectivity index (χ1n) is 6.44. The van der Waals surface area contributed by atoms with Crippen molar-refractivity contribution in [2.75, 3.05) is 13.1 Å². The third-order valence-corrected chi connectivity index (χ3v) is 3.78. The van der Waals surface area contributed by atoms with E-state index in [1.165, 1.54) is 0 Å². The van der Waals surface area contributed by atoms with Crippen molar-refractivity contribution >= 4 is 29.9 Å². The number of hydrogen-bond donors (Lipinski definition) is 2. The Morgan fingerprint density at radius 1 is 1.37 bits per heavy atom. The van der Waals surface area contributed by atoms with Crippen molar-refractivity contribution in [1.82, 2.24) is 10.6 Å². The smallest absolute Gasteiger partial charge is 0.223 e. The Hall–Kier alpha value is -0.770. The Bertz CT molecular complexity index is 420. The minimum atomic E-state index is -0.0407. The fourth-order valence-corrected chi connectivity index (χ4v) is 2.62. The third kappa shape index (κ3) is 4.37. The maximum Gasteiger partial charge on any atom is 0.223 e. The molecule has 0 aliphatic carbocycles. The lowest BCUT2D eigenvalue weighted by atomic mass is 9.96. The van der Waals surface area contributed by atoms with E-state index in [-0.39, 0.29) is 30.3 Å². The van der Waals surface area contributed by atoms with Crippen LogP contribution in [-0.4, -0.2) is 19.0 Å². The standard InChI is InChI=1S/C14H19ClN2O.ClH/c1-10(12-4-2-3-5-13(12)15)17-14(18)11-6-8-16-9-7-11;/h2-5,10-11,16H,6-9H2,1H3,(H,17,18);1H. The van der Waals surface area contributed by atoms with E-state index in [1.807, 2.05) is 31.2 Å². The number of hydrogen-bond acceptors (Lipinski definition) is 2. The Labute approximate surface area is 125 Å². The molecule has 3 nitrogen and oxygen atoms in total. The molecule has 19 heavy (non-hydrogen) atoms. The van der Waals surface area contributed by atoms with Crippen molar-refractivity contribution in [3.63, 3.8) is 0 Å². The van der Waals surface area contributed by atoms with Gasteiger partial charge < -0.3 is 10.6 Å². The predicted molar refractivity (Wildman–Crippen MR) is 80.9 cm³/mol. The zero-order valence-corrected chi connectivity index (χ0v) is 12.6. The normalized spacial score (nSPS) is 17.4. The number of amides is 1. The second-order valence-electron chi connectivity index (χ2n) is 4.78. The Morgan fingerprint density at radius 2 is 2.00 bits per heavy atom. The zero-order chi connectivity index (χ0) is 13.0. The van der Waals surface area contributed by atoms with Crippen LogP contribution in [0.1, 0.15) is 31.4 Å². The number of benzene rings is 1. The van der Waals surface area contributed by atoms with Crippen LogP contribution in [0.3, 0.4) is 0 Å². The minimum absolute atomic E-state index is 0. The molecular weight excluding hydrogens is 283 g/mol. The second-order valence-corrected chi connectivity index (χ2v) is 5.18. The summed E-state index contributed by atoms with van der Waals surface area (Å²) in [5.74, 6) is 0.278. The summed E-state index contributed by atoms with van der Waals surface area (Å²) in [6.45, 7) is 3.83. The summed E-state index contributed by atoms with van der Waals surface area (Å²) in [6.07, 6.45) is 1.84. The monoisotopic (exact) mass is 302 g/mol. The van der Waals surface area contributed by atoms with E-state index in [4.69, 9.17) is 11.6 Å². The molecule has 1 aliphatic rings. The highest BCUT2D eigenvalue weighted by Gasteiger charge is 2.22. The van der Waals surface area contributed by atoms with Crippen molar-refractivity contribution in [1.29, 1.82) is 0 Å². The molecule has 1 heterocycles. The fraction of sp³-hybridized carbons (Fsp3) is 0.500. The molecular formula is C14H20Cl2N2O. The Kier molecular flexibility index (Phi) is 6.63. The summed E-state index contributed by atoms with van der Waals surface area (Å²) >= 11 is 6.13. The molecule has 0 aromatic heterocycles. The number of carbonyl (C=O) groups excluding carboxylic acids is 1. The minimum Gasteiger partial charge on any atom is -0.349 e. The third-order valence-electron chi connectivity index (χ3n) is 3.44. The van der Waals surface area contributed by atoms with E-state index in [9.17, 15) is 4.79 Å². The van der Waals surface area contributed by atoms with Crippen LogP contribution in [0.5, 0.6) is 0 Å². The molecule has 1 amide bonds. The molecule has 0 bridgehead atoms.